The third-order valence-corrected chi connectivity index (χ3v) is 2.87. The molecule has 0 aliphatic heterocycles. The van der Waals surface area contributed by atoms with E-state index in [-0.39, 0.29) is 0 Å². The molecule has 5 nitrogen and oxygen atoms in total. The first-order chi connectivity index (χ1) is 10.1. The number of ether oxygens (including phenoxy) is 1. The Bertz CT molecular complexity index is 596. The van der Waals surface area contributed by atoms with Gasteiger partial charge in [0.15, 0.2) is 5.96 Å². The molecule has 21 heavy (non-hydrogen) atoms. The maximum Gasteiger partial charge on any atom is 0.213 e. The molecule has 1 heterocycles. The smallest absolute Gasteiger partial charge is 0.213 e. The van der Waals surface area contributed by atoms with Gasteiger partial charge in [0.2, 0.25) is 5.88 Å². The van der Waals surface area contributed by atoms with E-state index in [1.54, 1.807) is 12.1 Å². The van der Waals surface area contributed by atoms with Gasteiger partial charge in [0, 0.05) is 18.0 Å². The Balaban J connectivity index is 1.75. The second-order valence-electron chi connectivity index (χ2n) is 4.42. The van der Waals surface area contributed by atoms with Crippen molar-refractivity contribution in [1.82, 2.24) is 4.98 Å². The maximum absolute atomic E-state index is 5.79. The van der Waals surface area contributed by atoms with Gasteiger partial charge in [-0.05, 0) is 25.1 Å². The SMILES string of the molecule is Cc1ccc(NC(N)=NCCOc2ccc(Cl)cn2)cc1. The van der Waals surface area contributed by atoms with E-state index in [2.05, 4.69) is 15.3 Å². The number of nitrogens with one attached hydrogen (secondary N) is 1. The molecule has 0 saturated heterocycles. The summed E-state index contributed by atoms with van der Waals surface area (Å²) in [6.45, 7) is 2.86. The lowest BCUT2D eigenvalue weighted by Crippen LogP contribution is -2.23. The zero-order valence-electron chi connectivity index (χ0n) is 11.7. The molecular formula is C15H17ClN4O. The number of pyridine rings is 1. The molecule has 0 saturated carbocycles. The lowest BCUT2D eigenvalue weighted by molar-refractivity contribution is 0.316. The number of nitrogens with two attached hydrogens (primary N) is 1. The second-order valence-corrected chi connectivity index (χ2v) is 4.86. The zero-order valence-corrected chi connectivity index (χ0v) is 12.5. The van der Waals surface area contributed by atoms with E-state index in [1.807, 2.05) is 31.2 Å². The molecule has 0 radical (unpaired) electrons. The normalized spacial score (nSPS) is 11.2. The van der Waals surface area contributed by atoms with Crippen LogP contribution >= 0.6 is 11.6 Å². The highest BCUT2D eigenvalue weighted by atomic mass is 35.5. The van der Waals surface area contributed by atoms with Gasteiger partial charge in [0.1, 0.15) is 6.61 Å². The number of halogens is 1. The Morgan fingerprint density at radius 2 is 2.05 bits per heavy atom. The third kappa shape index (κ3) is 5.31. The summed E-state index contributed by atoms with van der Waals surface area (Å²) in [6, 6.07) is 11.3. The van der Waals surface area contributed by atoms with Crippen molar-refractivity contribution in [1.29, 1.82) is 0 Å². The Morgan fingerprint density at radius 3 is 2.71 bits per heavy atom. The van der Waals surface area contributed by atoms with E-state index in [0.29, 0.717) is 30.0 Å². The quantitative estimate of drug-likeness (QED) is 0.506. The van der Waals surface area contributed by atoms with Crippen molar-refractivity contribution in [3.8, 4) is 5.88 Å². The van der Waals surface area contributed by atoms with Crippen LogP contribution in [-0.2, 0) is 0 Å². The van der Waals surface area contributed by atoms with Crippen molar-refractivity contribution >= 4 is 23.2 Å². The Hall–Kier alpha value is -2.27. The highest BCUT2D eigenvalue weighted by Crippen LogP contribution is 2.11. The summed E-state index contributed by atoms with van der Waals surface area (Å²) in [4.78, 5) is 8.20. The predicted molar refractivity (Wildman–Crippen MR) is 86.0 cm³/mol. The minimum absolute atomic E-state index is 0.353. The van der Waals surface area contributed by atoms with E-state index in [1.165, 1.54) is 11.8 Å². The van der Waals surface area contributed by atoms with Crippen LogP contribution in [0, 0.1) is 6.92 Å². The van der Waals surface area contributed by atoms with Gasteiger partial charge in [-0.2, -0.15) is 0 Å². The summed E-state index contributed by atoms with van der Waals surface area (Å²) in [6.07, 6.45) is 1.54. The van der Waals surface area contributed by atoms with Crippen LogP contribution in [0.15, 0.2) is 47.6 Å². The topological polar surface area (TPSA) is 72.5 Å². The molecule has 6 heteroatoms. The fourth-order valence-electron chi connectivity index (χ4n) is 1.59. The van der Waals surface area contributed by atoms with Crippen molar-refractivity contribution in [2.75, 3.05) is 18.5 Å². The van der Waals surface area contributed by atoms with E-state index in [0.717, 1.165) is 5.69 Å². The fourth-order valence-corrected chi connectivity index (χ4v) is 1.70. The molecule has 0 amide bonds. The van der Waals surface area contributed by atoms with Crippen molar-refractivity contribution in [2.45, 2.75) is 6.92 Å². The molecule has 0 aliphatic carbocycles. The van der Waals surface area contributed by atoms with Crippen LogP contribution in [0.2, 0.25) is 5.02 Å². The molecule has 0 spiro atoms. The molecule has 2 rings (SSSR count). The minimum Gasteiger partial charge on any atom is -0.476 e. The number of rotatable bonds is 5. The molecule has 1 aromatic carbocycles. The van der Waals surface area contributed by atoms with Gasteiger partial charge in [-0.1, -0.05) is 29.3 Å². The van der Waals surface area contributed by atoms with Gasteiger partial charge in [0.25, 0.3) is 0 Å². The van der Waals surface area contributed by atoms with Gasteiger partial charge >= 0.3 is 0 Å². The van der Waals surface area contributed by atoms with Gasteiger partial charge in [-0.25, -0.2) is 9.98 Å². The van der Waals surface area contributed by atoms with Crippen LogP contribution in [0.1, 0.15) is 5.56 Å². The number of nitrogens with zero attached hydrogens (tertiary/aromatic N) is 2. The predicted octanol–water partition coefficient (Wildman–Crippen LogP) is 2.85. The third-order valence-electron chi connectivity index (χ3n) is 2.65. The fraction of sp³-hybridized carbons (Fsp3) is 0.200. The number of anilines is 1. The Morgan fingerprint density at radius 1 is 1.29 bits per heavy atom. The monoisotopic (exact) mass is 304 g/mol. The van der Waals surface area contributed by atoms with Crippen molar-refractivity contribution in [3.63, 3.8) is 0 Å². The van der Waals surface area contributed by atoms with E-state index in [4.69, 9.17) is 22.1 Å². The standard InChI is InChI=1S/C15H17ClN4O/c1-11-2-5-13(6-3-11)20-15(17)18-8-9-21-14-7-4-12(16)10-19-14/h2-7,10H,8-9H2,1H3,(H3,17,18,20). The highest BCUT2D eigenvalue weighted by molar-refractivity contribution is 6.30. The van der Waals surface area contributed by atoms with Crippen molar-refractivity contribution in [3.05, 3.63) is 53.2 Å². The van der Waals surface area contributed by atoms with Crippen LogP contribution < -0.4 is 15.8 Å². The summed E-state index contributed by atoms with van der Waals surface area (Å²) in [5, 5.41) is 3.59. The van der Waals surface area contributed by atoms with Gasteiger partial charge in [-0.3, -0.25) is 0 Å². The number of benzene rings is 1. The molecule has 0 unspecified atom stereocenters. The number of aliphatic imine (C=N–C) groups is 1. The van der Waals surface area contributed by atoms with E-state index >= 15 is 0 Å². The molecule has 0 fully saturated rings. The van der Waals surface area contributed by atoms with Crippen LogP contribution in [0.5, 0.6) is 5.88 Å². The number of aromatic nitrogens is 1. The zero-order chi connectivity index (χ0) is 15.1. The van der Waals surface area contributed by atoms with Crippen molar-refractivity contribution < 1.29 is 4.74 Å². The van der Waals surface area contributed by atoms with E-state index in [9.17, 15) is 0 Å². The molecule has 2 aromatic rings. The maximum atomic E-state index is 5.79. The average molecular weight is 305 g/mol. The highest BCUT2D eigenvalue weighted by Gasteiger charge is 1.96. The van der Waals surface area contributed by atoms with Gasteiger partial charge in [-0.15, -0.1) is 0 Å². The first-order valence-electron chi connectivity index (χ1n) is 6.51. The molecular weight excluding hydrogens is 288 g/mol. The van der Waals surface area contributed by atoms with Gasteiger partial charge < -0.3 is 15.8 Å². The lowest BCUT2D eigenvalue weighted by Gasteiger charge is -2.06. The average Bonchev–Trinajstić information content (AvgIpc) is 2.48. The second kappa shape index (κ2) is 7.50. The number of hydrogen-bond acceptors (Lipinski definition) is 3. The molecule has 0 bridgehead atoms. The van der Waals surface area contributed by atoms with Crippen LogP contribution in [-0.4, -0.2) is 24.1 Å². The largest absolute Gasteiger partial charge is 0.476 e. The first kappa shape index (κ1) is 15.1. The minimum atomic E-state index is 0.353. The van der Waals surface area contributed by atoms with E-state index < -0.39 is 0 Å². The number of hydrogen-bond donors (Lipinski definition) is 2. The summed E-state index contributed by atoms with van der Waals surface area (Å²) in [7, 11) is 0. The molecule has 1 aromatic heterocycles. The van der Waals surface area contributed by atoms with Crippen LogP contribution in [0.25, 0.3) is 0 Å². The van der Waals surface area contributed by atoms with Gasteiger partial charge in [0.05, 0.1) is 11.6 Å². The molecule has 110 valence electrons. The van der Waals surface area contributed by atoms with Crippen molar-refractivity contribution in [2.24, 2.45) is 10.7 Å². The molecule has 3 N–H and O–H groups in total. The number of aryl methyl sites for hydroxylation is 1. The molecule has 0 atom stereocenters. The van der Waals surface area contributed by atoms with Crippen LogP contribution in [0.3, 0.4) is 0 Å². The summed E-state index contributed by atoms with van der Waals surface area (Å²) >= 11 is 5.74. The Labute approximate surface area is 128 Å². The van der Waals surface area contributed by atoms with Crippen LogP contribution in [0.4, 0.5) is 5.69 Å². The first-order valence-corrected chi connectivity index (χ1v) is 6.89. The molecule has 0 aliphatic rings. The Kier molecular flexibility index (Phi) is 5.40. The summed E-state index contributed by atoms with van der Waals surface area (Å²) < 4.78 is 5.42. The number of guanidine groups is 1. The summed E-state index contributed by atoms with van der Waals surface area (Å²) in [5.41, 5.74) is 7.89. The summed E-state index contributed by atoms with van der Waals surface area (Å²) in [5.74, 6) is 0.867. The lowest BCUT2D eigenvalue weighted by atomic mass is 10.2.